The largest absolute Gasteiger partial charge is 0.505 e. The number of benzene rings is 3. The van der Waals surface area contributed by atoms with Gasteiger partial charge in [-0.15, -0.1) is 0 Å². The Morgan fingerprint density at radius 1 is 0.926 bits per heavy atom. The summed E-state index contributed by atoms with van der Waals surface area (Å²) in [7, 11) is 0. The molecule has 3 aromatic rings. The topological polar surface area (TPSA) is 32.3 Å². The lowest BCUT2D eigenvalue weighted by molar-refractivity contribution is 0.422. The van der Waals surface area contributed by atoms with Crippen LogP contribution in [0.15, 0.2) is 60.7 Å². The summed E-state index contributed by atoms with van der Waals surface area (Å²) in [6.45, 7) is 2.30. The Morgan fingerprint density at radius 2 is 1.70 bits per heavy atom. The van der Waals surface area contributed by atoms with Crippen molar-refractivity contribution in [2.24, 2.45) is 0 Å². The van der Waals surface area contributed by atoms with Crippen molar-refractivity contribution < 1.29 is 13.9 Å². The van der Waals surface area contributed by atoms with Gasteiger partial charge in [-0.3, -0.25) is 0 Å². The van der Waals surface area contributed by atoms with Crippen LogP contribution in [0.2, 0.25) is 0 Å². The van der Waals surface area contributed by atoms with Crippen LogP contribution in [0.4, 0.5) is 14.5 Å². The van der Waals surface area contributed by atoms with Crippen molar-refractivity contribution in [1.29, 1.82) is 0 Å². The molecular formula is C23H23F2NO. The van der Waals surface area contributed by atoms with Gasteiger partial charge in [0, 0.05) is 12.2 Å². The molecule has 0 saturated carbocycles. The molecule has 3 aromatic carbocycles. The van der Waals surface area contributed by atoms with E-state index in [-0.39, 0.29) is 11.6 Å². The summed E-state index contributed by atoms with van der Waals surface area (Å²) in [5, 5.41) is 13.3. The molecule has 0 aliphatic carbocycles. The average molecular weight is 367 g/mol. The number of nitrogens with one attached hydrogen (secondary N) is 1. The van der Waals surface area contributed by atoms with Gasteiger partial charge in [-0.25, -0.2) is 8.78 Å². The predicted molar refractivity (Wildman–Crippen MR) is 105 cm³/mol. The maximum Gasteiger partial charge on any atom is 0.168 e. The number of aromatic hydroxyl groups is 1. The molecule has 0 radical (unpaired) electrons. The lowest BCUT2D eigenvalue weighted by Gasteiger charge is -2.14. The minimum Gasteiger partial charge on any atom is -0.505 e. The average Bonchev–Trinajstić information content (AvgIpc) is 2.67. The molecule has 0 aromatic heterocycles. The van der Waals surface area contributed by atoms with E-state index in [0.29, 0.717) is 42.6 Å². The van der Waals surface area contributed by atoms with E-state index in [4.69, 9.17) is 0 Å². The first-order chi connectivity index (χ1) is 13.0. The number of rotatable bonds is 7. The van der Waals surface area contributed by atoms with Crippen LogP contribution in [-0.2, 0) is 12.8 Å². The molecule has 0 saturated heterocycles. The third-order valence-corrected chi connectivity index (χ3v) is 4.69. The summed E-state index contributed by atoms with van der Waals surface area (Å²) in [6.07, 6.45) is 1.85. The third kappa shape index (κ3) is 4.85. The Morgan fingerprint density at radius 3 is 2.44 bits per heavy atom. The molecule has 2 nitrogen and oxygen atoms in total. The van der Waals surface area contributed by atoms with Crippen LogP contribution in [0.3, 0.4) is 0 Å². The molecule has 0 heterocycles. The van der Waals surface area contributed by atoms with Crippen molar-refractivity contribution >= 4 is 5.69 Å². The van der Waals surface area contributed by atoms with Crippen molar-refractivity contribution in [2.75, 3.05) is 11.9 Å². The summed E-state index contributed by atoms with van der Waals surface area (Å²) >= 11 is 0. The molecule has 0 unspecified atom stereocenters. The van der Waals surface area contributed by atoms with E-state index in [0.717, 1.165) is 11.1 Å². The molecule has 4 heteroatoms. The highest BCUT2D eigenvalue weighted by Gasteiger charge is 2.15. The van der Waals surface area contributed by atoms with Gasteiger partial charge in [0.25, 0.3) is 0 Å². The molecule has 3 rings (SSSR count). The van der Waals surface area contributed by atoms with Crippen LogP contribution < -0.4 is 5.32 Å². The number of hydrogen-bond acceptors (Lipinski definition) is 2. The second kappa shape index (κ2) is 8.67. The van der Waals surface area contributed by atoms with Crippen LogP contribution in [0.1, 0.15) is 28.7 Å². The second-order valence-corrected chi connectivity index (χ2v) is 6.69. The van der Waals surface area contributed by atoms with E-state index in [1.54, 1.807) is 19.1 Å². The van der Waals surface area contributed by atoms with Crippen LogP contribution in [0, 0.1) is 18.6 Å². The lowest BCUT2D eigenvalue weighted by Crippen LogP contribution is -2.05. The molecule has 0 amide bonds. The van der Waals surface area contributed by atoms with E-state index in [1.165, 1.54) is 12.1 Å². The molecule has 0 spiro atoms. The van der Waals surface area contributed by atoms with Crippen LogP contribution in [-0.4, -0.2) is 11.7 Å². The number of halogens is 2. The molecule has 140 valence electrons. The van der Waals surface area contributed by atoms with Gasteiger partial charge >= 0.3 is 0 Å². The Kier molecular flexibility index (Phi) is 6.07. The predicted octanol–water partition coefficient (Wildman–Crippen LogP) is 5.61. The van der Waals surface area contributed by atoms with Gasteiger partial charge in [0.1, 0.15) is 5.82 Å². The molecule has 0 atom stereocenters. The zero-order valence-electron chi connectivity index (χ0n) is 15.3. The summed E-state index contributed by atoms with van der Waals surface area (Å²) in [5.41, 5.74) is 3.77. The maximum atomic E-state index is 14.5. The highest BCUT2D eigenvalue weighted by Crippen LogP contribution is 2.29. The Bertz CT molecular complexity index is 910. The first kappa shape index (κ1) is 18.9. The monoisotopic (exact) mass is 367 g/mol. The summed E-state index contributed by atoms with van der Waals surface area (Å²) in [4.78, 5) is 0. The highest BCUT2D eigenvalue weighted by molar-refractivity contribution is 5.45. The molecular weight excluding hydrogens is 344 g/mol. The van der Waals surface area contributed by atoms with Gasteiger partial charge in [0.05, 0.1) is 0 Å². The first-order valence-corrected chi connectivity index (χ1v) is 9.08. The van der Waals surface area contributed by atoms with Gasteiger partial charge < -0.3 is 10.4 Å². The fraction of sp³-hybridized carbons (Fsp3) is 0.217. The SMILES string of the molecule is Cc1c(Cc2ccccc2)cc(CCCNc2cccc(F)c2)c(O)c1F. The van der Waals surface area contributed by atoms with Gasteiger partial charge in [0.2, 0.25) is 0 Å². The highest BCUT2D eigenvalue weighted by atomic mass is 19.1. The Hall–Kier alpha value is -2.88. The Labute approximate surface area is 158 Å². The molecule has 0 bridgehead atoms. The number of aryl methyl sites for hydroxylation is 1. The second-order valence-electron chi connectivity index (χ2n) is 6.69. The van der Waals surface area contributed by atoms with Crippen molar-refractivity contribution in [3.05, 3.63) is 94.6 Å². The quantitative estimate of drug-likeness (QED) is 0.532. The van der Waals surface area contributed by atoms with Crippen molar-refractivity contribution in [3.63, 3.8) is 0 Å². The number of anilines is 1. The van der Waals surface area contributed by atoms with E-state index in [9.17, 15) is 13.9 Å². The maximum absolute atomic E-state index is 14.5. The first-order valence-electron chi connectivity index (χ1n) is 9.08. The number of phenolic OH excluding ortho intramolecular Hbond substituents is 1. The van der Waals surface area contributed by atoms with E-state index in [2.05, 4.69) is 5.32 Å². The number of hydrogen-bond donors (Lipinski definition) is 2. The molecule has 0 aliphatic heterocycles. The van der Waals surface area contributed by atoms with Gasteiger partial charge in [-0.2, -0.15) is 0 Å². The number of phenols is 1. The molecule has 2 N–H and O–H groups in total. The molecule has 0 aliphatic rings. The van der Waals surface area contributed by atoms with Gasteiger partial charge in [0.15, 0.2) is 11.6 Å². The summed E-state index contributed by atoms with van der Waals surface area (Å²) in [5.74, 6) is -1.10. The minimum atomic E-state index is -0.545. The fourth-order valence-corrected chi connectivity index (χ4v) is 3.15. The Balaban J connectivity index is 1.67. The van der Waals surface area contributed by atoms with Gasteiger partial charge in [-0.1, -0.05) is 42.5 Å². The smallest absolute Gasteiger partial charge is 0.168 e. The third-order valence-electron chi connectivity index (χ3n) is 4.69. The standard InChI is InChI=1S/C23H23F2NO/c1-16-19(13-17-7-3-2-4-8-17)14-18(23(27)22(16)25)9-6-12-26-21-11-5-10-20(24)15-21/h2-5,7-8,10-11,14-15,26-27H,6,9,12-13H2,1H3. The van der Waals surface area contributed by atoms with Crippen molar-refractivity contribution in [1.82, 2.24) is 0 Å². The minimum absolute atomic E-state index is 0.268. The van der Waals surface area contributed by atoms with Crippen LogP contribution in [0.5, 0.6) is 5.75 Å². The van der Waals surface area contributed by atoms with Gasteiger partial charge in [-0.05, 0) is 66.6 Å². The van der Waals surface area contributed by atoms with Crippen LogP contribution in [0.25, 0.3) is 0 Å². The summed E-state index contributed by atoms with van der Waals surface area (Å²) in [6, 6.07) is 18.0. The molecule has 0 fully saturated rings. The zero-order chi connectivity index (χ0) is 19.2. The fourth-order valence-electron chi connectivity index (χ4n) is 3.15. The van der Waals surface area contributed by atoms with E-state index in [1.807, 2.05) is 36.4 Å². The van der Waals surface area contributed by atoms with Crippen molar-refractivity contribution in [2.45, 2.75) is 26.2 Å². The zero-order valence-corrected chi connectivity index (χ0v) is 15.3. The molecule has 27 heavy (non-hydrogen) atoms. The van der Waals surface area contributed by atoms with E-state index >= 15 is 0 Å². The summed E-state index contributed by atoms with van der Waals surface area (Å²) < 4.78 is 27.7. The normalized spacial score (nSPS) is 10.8. The van der Waals surface area contributed by atoms with Crippen LogP contribution >= 0.6 is 0 Å². The van der Waals surface area contributed by atoms with E-state index < -0.39 is 5.82 Å². The lowest BCUT2D eigenvalue weighted by atomic mass is 9.95. The van der Waals surface area contributed by atoms with Crippen molar-refractivity contribution in [3.8, 4) is 5.75 Å².